The van der Waals surface area contributed by atoms with Crippen molar-refractivity contribution in [1.82, 2.24) is 9.80 Å². The number of rotatable bonds is 6. The Balaban J connectivity index is 2.06. The highest BCUT2D eigenvalue weighted by atomic mass is 16.6. The lowest BCUT2D eigenvalue weighted by Crippen LogP contribution is -2.50. The van der Waals surface area contributed by atoms with Crippen LogP contribution in [-0.2, 0) is 19.1 Å². The molecule has 1 saturated heterocycles. The lowest BCUT2D eigenvalue weighted by Gasteiger charge is -2.37. The maximum absolute atomic E-state index is 12.9. The smallest absolute Gasteiger partial charge is 0.411 e. The molecule has 0 unspecified atom stereocenters. The molecule has 1 aliphatic carbocycles. The van der Waals surface area contributed by atoms with Crippen LogP contribution < -0.4 is 0 Å². The molecule has 1 aliphatic heterocycles. The average molecular weight is 420 g/mol. The molecule has 2 aliphatic rings. The van der Waals surface area contributed by atoms with E-state index in [4.69, 9.17) is 16.0 Å². The molecule has 1 atom stereocenters. The van der Waals surface area contributed by atoms with Crippen molar-refractivity contribution >= 4 is 18.0 Å². The lowest BCUT2D eigenvalue weighted by atomic mass is 9.85. The highest BCUT2D eigenvalue weighted by molar-refractivity contribution is 5.83. The maximum atomic E-state index is 12.9. The van der Waals surface area contributed by atoms with Crippen LogP contribution in [0.1, 0.15) is 59.3 Å². The summed E-state index contributed by atoms with van der Waals surface area (Å²) in [6.45, 7) is 16.8. The molecule has 1 saturated carbocycles. The van der Waals surface area contributed by atoms with Crippen LogP contribution >= 0.6 is 0 Å². The summed E-state index contributed by atoms with van der Waals surface area (Å²) in [6.07, 6.45) is 4.36. The Morgan fingerprint density at radius 2 is 1.87 bits per heavy atom. The number of hydrogen-bond donors (Lipinski definition) is 0. The highest BCUT2D eigenvalue weighted by Crippen LogP contribution is 2.30. The van der Waals surface area contributed by atoms with Crippen molar-refractivity contribution < 1.29 is 23.9 Å². The van der Waals surface area contributed by atoms with Gasteiger partial charge in [-0.1, -0.05) is 12.7 Å². The molecule has 0 aromatic carbocycles. The third-order valence-electron chi connectivity index (χ3n) is 5.44. The van der Waals surface area contributed by atoms with Gasteiger partial charge in [0.2, 0.25) is 5.91 Å². The van der Waals surface area contributed by atoms with E-state index in [0.717, 1.165) is 6.42 Å². The first-order chi connectivity index (χ1) is 14.2. The van der Waals surface area contributed by atoms with Gasteiger partial charge in [-0.25, -0.2) is 11.4 Å². The Morgan fingerprint density at radius 1 is 1.20 bits per heavy atom. The third kappa shape index (κ3) is 6.48. The summed E-state index contributed by atoms with van der Waals surface area (Å²) in [5, 5.41) is 0. The van der Waals surface area contributed by atoms with Gasteiger partial charge in [-0.05, 0) is 52.9 Å². The number of hydrogen-bond acceptors (Lipinski definition) is 5. The summed E-state index contributed by atoms with van der Waals surface area (Å²) in [5.74, 6) is -0.681. The van der Waals surface area contributed by atoms with Gasteiger partial charge in [-0.15, -0.1) is 0 Å². The molecule has 0 spiro atoms. The maximum Gasteiger partial charge on any atom is 0.411 e. The number of likely N-dealkylation sites (tertiary alicyclic amines) is 1. The number of esters is 1. The summed E-state index contributed by atoms with van der Waals surface area (Å²) in [5.41, 5.74) is -0.684. The Labute approximate surface area is 179 Å². The minimum Gasteiger partial charge on any atom is -0.461 e. The van der Waals surface area contributed by atoms with Gasteiger partial charge in [0, 0.05) is 19.0 Å². The van der Waals surface area contributed by atoms with E-state index in [9.17, 15) is 14.4 Å². The number of carbonyl (C=O) groups excluding carboxylic acids is 3. The van der Waals surface area contributed by atoms with Crippen LogP contribution in [0.4, 0.5) is 4.79 Å². The zero-order valence-corrected chi connectivity index (χ0v) is 18.3. The molecule has 2 rings (SSSR count). The second-order valence-electron chi connectivity index (χ2n) is 8.87. The Kier molecular flexibility index (Phi) is 8.27. The molecule has 166 valence electrons. The van der Waals surface area contributed by atoms with E-state index in [1.54, 1.807) is 25.7 Å². The highest BCUT2D eigenvalue weighted by Gasteiger charge is 2.39. The van der Waals surface area contributed by atoms with Crippen molar-refractivity contribution in [3.8, 4) is 0 Å². The molecule has 30 heavy (non-hydrogen) atoms. The molecule has 0 N–H and O–H groups in total. The summed E-state index contributed by atoms with van der Waals surface area (Å²) in [4.78, 5) is 44.4. The van der Waals surface area contributed by atoms with Crippen molar-refractivity contribution in [3.63, 3.8) is 0 Å². The fraction of sp³-hybridized carbons (Fsp3) is 0.727. The van der Waals surface area contributed by atoms with E-state index < -0.39 is 17.9 Å². The van der Waals surface area contributed by atoms with Crippen molar-refractivity contribution in [2.24, 2.45) is 5.92 Å². The van der Waals surface area contributed by atoms with Gasteiger partial charge >= 0.3 is 18.2 Å². The van der Waals surface area contributed by atoms with Crippen molar-refractivity contribution in [2.45, 2.75) is 77.1 Å². The van der Waals surface area contributed by atoms with E-state index >= 15 is 0 Å². The molecule has 1 heterocycles. The molecule has 8 nitrogen and oxygen atoms in total. The molecule has 2 fully saturated rings. The molecule has 0 aromatic rings. The number of amides is 2. The minimum absolute atomic E-state index is 0.114. The van der Waals surface area contributed by atoms with E-state index in [0.29, 0.717) is 38.6 Å². The predicted octanol–water partition coefficient (Wildman–Crippen LogP) is 3.38. The molecular weight excluding hydrogens is 386 g/mol. The first-order valence-corrected chi connectivity index (χ1v) is 10.6. The second-order valence-corrected chi connectivity index (χ2v) is 8.87. The van der Waals surface area contributed by atoms with Crippen LogP contribution in [0, 0.1) is 12.5 Å². The summed E-state index contributed by atoms with van der Waals surface area (Å²) in [7, 11) is 0. The first-order valence-electron chi connectivity index (χ1n) is 10.6. The second kappa shape index (κ2) is 10.5. The zero-order chi connectivity index (χ0) is 22.3. The van der Waals surface area contributed by atoms with Crippen molar-refractivity contribution in [3.05, 3.63) is 24.1 Å². The summed E-state index contributed by atoms with van der Waals surface area (Å²) < 4.78 is 10.7. The predicted molar refractivity (Wildman–Crippen MR) is 111 cm³/mol. The van der Waals surface area contributed by atoms with Crippen LogP contribution in [0.25, 0.3) is 4.85 Å². The van der Waals surface area contributed by atoms with Gasteiger partial charge < -0.3 is 9.47 Å². The van der Waals surface area contributed by atoms with Crippen LogP contribution in [0.15, 0.2) is 12.7 Å². The van der Waals surface area contributed by atoms with E-state index in [1.807, 2.05) is 0 Å². The molecule has 0 radical (unpaired) electrons. The molecule has 0 bridgehead atoms. The Hall–Kier alpha value is -2.56. The topological polar surface area (TPSA) is 80.5 Å². The van der Waals surface area contributed by atoms with Crippen LogP contribution in [0.5, 0.6) is 0 Å². The monoisotopic (exact) mass is 419 g/mol. The van der Waals surface area contributed by atoms with Crippen molar-refractivity contribution in [1.29, 1.82) is 0 Å². The summed E-state index contributed by atoms with van der Waals surface area (Å²) >= 11 is 0. The van der Waals surface area contributed by atoms with Crippen molar-refractivity contribution in [2.75, 3.05) is 19.7 Å². The van der Waals surface area contributed by atoms with Gasteiger partial charge in [-0.2, -0.15) is 0 Å². The zero-order valence-electron chi connectivity index (χ0n) is 18.3. The molecule has 2 amide bonds. The molecule has 0 aromatic heterocycles. The average Bonchev–Trinajstić information content (AvgIpc) is 3.18. The Bertz CT molecular complexity index is 686. The Morgan fingerprint density at radius 3 is 2.43 bits per heavy atom. The number of carbonyl (C=O) groups is 3. The summed E-state index contributed by atoms with van der Waals surface area (Å²) in [6, 6.07) is -0.193. The number of ether oxygens (including phenoxy) is 2. The van der Waals surface area contributed by atoms with Crippen LogP contribution in [0.3, 0.4) is 0 Å². The van der Waals surface area contributed by atoms with Gasteiger partial charge in [0.15, 0.2) is 0 Å². The van der Waals surface area contributed by atoms with E-state index in [2.05, 4.69) is 11.4 Å². The van der Waals surface area contributed by atoms with Gasteiger partial charge in [0.05, 0.1) is 5.92 Å². The van der Waals surface area contributed by atoms with E-state index in [-0.39, 0.29) is 37.0 Å². The minimum atomic E-state index is -0.684. The fourth-order valence-corrected chi connectivity index (χ4v) is 3.96. The largest absolute Gasteiger partial charge is 0.461 e. The SMILES string of the molecule is [C-]#[N+][C@@H]1CCCN1C(=O)CN(C(=O)OC(C)(C)C)C1CCC(C(=O)OCC=C)CC1. The molecule has 8 heteroatoms. The van der Waals surface area contributed by atoms with Gasteiger partial charge in [0.25, 0.3) is 0 Å². The quantitative estimate of drug-likeness (QED) is 0.375. The molecular formula is C22H33N3O5. The van der Waals surface area contributed by atoms with E-state index in [1.165, 1.54) is 11.0 Å². The van der Waals surface area contributed by atoms with Crippen LogP contribution in [-0.4, -0.2) is 65.3 Å². The fourth-order valence-electron chi connectivity index (χ4n) is 3.96. The van der Waals surface area contributed by atoms with Crippen LogP contribution in [0.2, 0.25) is 0 Å². The lowest BCUT2D eigenvalue weighted by molar-refractivity contribution is -0.149. The number of nitrogens with zero attached hydrogens (tertiary/aromatic N) is 3. The third-order valence-corrected chi connectivity index (χ3v) is 5.44. The first kappa shape index (κ1) is 23.7. The van der Waals surface area contributed by atoms with Gasteiger partial charge in [-0.3, -0.25) is 24.2 Å². The standard InChI is InChI=1S/C22H33N3O5/c1-6-14-29-20(27)16-9-11-17(12-10-16)25(21(28)30-22(2,3)4)15-19(26)24-13-7-8-18(24)23-5/h6,16-18H,1,7-15H2,2-4H3/t16?,17?,18-/m0/s1. The normalized spacial score (nSPS) is 23.9. The van der Waals surface area contributed by atoms with Gasteiger partial charge in [0.1, 0.15) is 18.8 Å².